The molecule has 2 fully saturated rings. The fourth-order valence-electron chi connectivity index (χ4n) is 4.12. The molecule has 7 heteroatoms. The number of likely N-dealkylation sites (tertiary alicyclic amines) is 1. The standard InChI is InChI=1S/C16H25N3O3S/c1-18-11-9-17-14(18)13-6-5-10-19(12-13)15(20)16(23(2,21)22)7-3-4-8-16/h9,11,13H,3-8,10,12H2,1-2H3. The molecule has 128 valence electrons. The van der Waals surface area contributed by atoms with Crippen molar-refractivity contribution in [2.45, 2.75) is 49.2 Å². The number of carbonyl (C=O) groups is 1. The number of hydrogen-bond donors (Lipinski definition) is 0. The summed E-state index contributed by atoms with van der Waals surface area (Å²) >= 11 is 0. The zero-order valence-corrected chi connectivity index (χ0v) is 14.7. The largest absolute Gasteiger partial charge is 0.341 e. The van der Waals surface area contributed by atoms with Crippen LogP contribution in [0.25, 0.3) is 0 Å². The summed E-state index contributed by atoms with van der Waals surface area (Å²) in [5.41, 5.74) is 0. The molecule has 1 saturated carbocycles. The van der Waals surface area contributed by atoms with Gasteiger partial charge < -0.3 is 9.47 Å². The van der Waals surface area contributed by atoms with Gasteiger partial charge >= 0.3 is 0 Å². The van der Waals surface area contributed by atoms with E-state index in [1.807, 2.05) is 17.8 Å². The Morgan fingerprint density at radius 3 is 2.57 bits per heavy atom. The number of nitrogens with zero attached hydrogens (tertiary/aromatic N) is 3. The van der Waals surface area contributed by atoms with Gasteiger partial charge in [0.25, 0.3) is 0 Å². The first kappa shape index (κ1) is 16.5. The molecule has 0 radical (unpaired) electrons. The van der Waals surface area contributed by atoms with Crippen molar-refractivity contribution in [1.29, 1.82) is 0 Å². The van der Waals surface area contributed by atoms with Gasteiger partial charge in [-0.3, -0.25) is 4.79 Å². The Hall–Kier alpha value is -1.37. The molecule has 0 spiro atoms. The second-order valence-electron chi connectivity index (χ2n) is 6.96. The SMILES string of the molecule is Cn1ccnc1C1CCCN(C(=O)C2(S(C)(=O)=O)CCCC2)C1. The summed E-state index contributed by atoms with van der Waals surface area (Å²) in [6, 6.07) is 0. The third-order valence-corrected chi connectivity index (χ3v) is 7.45. The van der Waals surface area contributed by atoms with Crippen molar-refractivity contribution < 1.29 is 13.2 Å². The van der Waals surface area contributed by atoms with Gasteiger partial charge in [0.2, 0.25) is 5.91 Å². The number of rotatable bonds is 3. The average Bonchev–Trinajstić information content (AvgIpc) is 3.15. The molecule has 1 atom stereocenters. The van der Waals surface area contributed by atoms with Gasteiger partial charge in [-0.1, -0.05) is 12.8 Å². The van der Waals surface area contributed by atoms with Gasteiger partial charge in [-0.05, 0) is 25.7 Å². The van der Waals surface area contributed by atoms with Crippen LogP contribution in [0.5, 0.6) is 0 Å². The number of amides is 1. The first-order valence-corrected chi connectivity index (χ1v) is 10.2. The predicted molar refractivity (Wildman–Crippen MR) is 87.8 cm³/mol. The number of imidazole rings is 1. The molecule has 1 aromatic rings. The molecule has 1 aromatic heterocycles. The molecule has 2 heterocycles. The molecule has 1 amide bonds. The molecule has 1 saturated heterocycles. The Kier molecular flexibility index (Phi) is 4.25. The topological polar surface area (TPSA) is 72.3 Å². The van der Waals surface area contributed by atoms with E-state index < -0.39 is 14.6 Å². The molecule has 0 N–H and O–H groups in total. The van der Waals surface area contributed by atoms with Crippen molar-refractivity contribution in [1.82, 2.24) is 14.5 Å². The van der Waals surface area contributed by atoms with Crippen molar-refractivity contribution in [3.05, 3.63) is 18.2 Å². The van der Waals surface area contributed by atoms with Crippen LogP contribution in [0.15, 0.2) is 12.4 Å². The lowest BCUT2D eigenvalue weighted by Gasteiger charge is -2.38. The maximum Gasteiger partial charge on any atom is 0.244 e. The van der Waals surface area contributed by atoms with Crippen LogP contribution < -0.4 is 0 Å². The van der Waals surface area contributed by atoms with E-state index in [2.05, 4.69) is 4.98 Å². The summed E-state index contributed by atoms with van der Waals surface area (Å²) in [6.45, 7) is 1.22. The summed E-state index contributed by atoms with van der Waals surface area (Å²) in [7, 11) is -1.45. The van der Waals surface area contributed by atoms with Crippen LogP contribution >= 0.6 is 0 Å². The molecule has 0 aromatic carbocycles. The van der Waals surface area contributed by atoms with Crippen LogP contribution in [0.1, 0.15) is 50.3 Å². The fraction of sp³-hybridized carbons (Fsp3) is 0.750. The van der Waals surface area contributed by atoms with Crippen LogP contribution in [0, 0.1) is 0 Å². The number of aromatic nitrogens is 2. The molecule has 2 aliphatic rings. The third-order valence-electron chi connectivity index (χ3n) is 5.44. The molecule has 1 unspecified atom stereocenters. The van der Waals surface area contributed by atoms with Crippen molar-refractivity contribution >= 4 is 15.7 Å². The van der Waals surface area contributed by atoms with E-state index in [-0.39, 0.29) is 11.8 Å². The van der Waals surface area contributed by atoms with Crippen LogP contribution in [0.2, 0.25) is 0 Å². The van der Waals surface area contributed by atoms with E-state index in [4.69, 9.17) is 0 Å². The third kappa shape index (κ3) is 2.79. The van der Waals surface area contributed by atoms with Crippen molar-refractivity contribution in [3.8, 4) is 0 Å². The lowest BCUT2D eigenvalue weighted by atomic mass is 9.95. The molecular formula is C16H25N3O3S. The minimum atomic E-state index is -3.40. The van der Waals surface area contributed by atoms with Gasteiger partial charge in [0.15, 0.2) is 14.6 Å². The highest BCUT2D eigenvalue weighted by molar-refractivity contribution is 7.92. The van der Waals surface area contributed by atoms with Crippen LogP contribution in [-0.2, 0) is 21.7 Å². The van der Waals surface area contributed by atoms with Crippen LogP contribution in [-0.4, -0.2) is 52.9 Å². The summed E-state index contributed by atoms with van der Waals surface area (Å²) in [6.07, 6.45) is 9.34. The Morgan fingerprint density at radius 1 is 1.30 bits per heavy atom. The molecule has 1 aliphatic heterocycles. The van der Waals surface area contributed by atoms with Crippen LogP contribution in [0.3, 0.4) is 0 Å². The monoisotopic (exact) mass is 339 g/mol. The first-order chi connectivity index (χ1) is 10.8. The second-order valence-corrected chi connectivity index (χ2v) is 9.29. The average molecular weight is 339 g/mol. The highest BCUT2D eigenvalue weighted by Crippen LogP contribution is 2.39. The lowest BCUT2D eigenvalue weighted by Crippen LogP contribution is -2.54. The minimum Gasteiger partial charge on any atom is -0.341 e. The van der Waals surface area contributed by atoms with Gasteiger partial charge in [0, 0.05) is 44.7 Å². The fourth-order valence-corrected chi connectivity index (χ4v) is 5.60. The van der Waals surface area contributed by atoms with Crippen LogP contribution in [0.4, 0.5) is 0 Å². The van der Waals surface area contributed by atoms with Crippen molar-refractivity contribution in [3.63, 3.8) is 0 Å². The number of aryl methyl sites for hydroxylation is 1. The summed E-state index contributed by atoms with van der Waals surface area (Å²) in [5, 5.41) is 0. The highest BCUT2D eigenvalue weighted by atomic mass is 32.2. The maximum absolute atomic E-state index is 13.1. The van der Waals surface area contributed by atoms with E-state index in [9.17, 15) is 13.2 Å². The van der Waals surface area contributed by atoms with E-state index in [0.717, 1.165) is 31.5 Å². The normalized spacial score (nSPS) is 24.8. The molecule has 0 bridgehead atoms. The molecular weight excluding hydrogens is 314 g/mol. The van der Waals surface area contributed by atoms with Crippen molar-refractivity contribution in [2.75, 3.05) is 19.3 Å². The maximum atomic E-state index is 13.1. The number of hydrogen-bond acceptors (Lipinski definition) is 4. The zero-order chi connectivity index (χ0) is 16.7. The van der Waals surface area contributed by atoms with Gasteiger partial charge in [0.1, 0.15) is 5.82 Å². The van der Waals surface area contributed by atoms with Gasteiger partial charge in [-0.25, -0.2) is 13.4 Å². The molecule has 6 nitrogen and oxygen atoms in total. The van der Waals surface area contributed by atoms with E-state index in [1.165, 1.54) is 6.26 Å². The van der Waals surface area contributed by atoms with Gasteiger partial charge in [-0.2, -0.15) is 0 Å². The lowest BCUT2D eigenvalue weighted by molar-refractivity contribution is -0.135. The minimum absolute atomic E-state index is 0.184. The van der Waals surface area contributed by atoms with Gasteiger partial charge in [-0.15, -0.1) is 0 Å². The molecule has 1 aliphatic carbocycles. The summed E-state index contributed by atoms with van der Waals surface area (Å²) < 4.78 is 25.5. The number of sulfone groups is 1. The number of carbonyl (C=O) groups excluding carboxylic acids is 1. The Labute approximate surface area is 137 Å². The number of piperidine rings is 1. The Balaban J connectivity index is 1.83. The first-order valence-electron chi connectivity index (χ1n) is 8.31. The quantitative estimate of drug-likeness (QED) is 0.836. The van der Waals surface area contributed by atoms with Crippen molar-refractivity contribution in [2.24, 2.45) is 7.05 Å². The Bertz CT molecular complexity index is 689. The highest BCUT2D eigenvalue weighted by Gasteiger charge is 2.52. The predicted octanol–water partition coefficient (Wildman–Crippen LogP) is 1.48. The molecule has 3 rings (SSSR count). The van der Waals surface area contributed by atoms with Gasteiger partial charge in [0.05, 0.1) is 0 Å². The summed E-state index contributed by atoms with van der Waals surface area (Å²) in [5.74, 6) is 0.976. The van der Waals surface area contributed by atoms with E-state index >= 15 is 0 Å². The molecule has 23 heavy (non-hydrogen) atoms. The zero-order valence-electron chi connectivity index (χ0n) is 13.9. The summed E-state index contributed by atoms with van der Waals surface area (Å²) in [4.78, 5) is 19.3. The Morgan fingerprint density at radius 2 is 2.00 bits per heavy atom. The smallest absolute Gasteiger partial charge is 0.244 e. The van der Waals surface area contributed by atoms with E-state index in [0.29, 0.717) is 25.9 Å². The second kappa shape index (κ2) is 5.92. The van der Waals surface area contributed by atoms with E-state index in [1.54, 1.807) is 11.1 Å².